The number of hydrogen-bond acceptors (Lipinski definition) is 3. The van der Waals surface area contributed by atoms with Crippen LogP contribution in [-0.2, 0) is 11.2 Å². The molecule has 0 aliphatic heterocycles. The fraction of sp³-hybridized carbons (Fsp3) is 0.167. The molecule has 0 aliphatic rings. The summed E-state index contributed by atoms with van der Waals surface area (Å²) in [5, 5.41) is 10.5. The standard InChI is InChI=1S/C12H11NO2/c1-8(14)6-11-12(15)7-9-4-2-3-5-10(9)13-11/h2-5,7,15H,6H2,1H3. The van der Waals surface area contributed by atoms with Gasteiger partial charge >= 0.3 is 0 Å². The number of para-hydroxylation sites is 1. The lowest BCUT2D eigenvalue weighted by Gasteiger charge is -2.03. The van der Waals surface area contributed by atoms with E-state index >= 15 is 0 Å². The summed E-state index contributed by atoms with van der Waals surface area (Å²) in [5.74, 6) is 0.0805. The lowest BCUT2D eigenvalue weighted by Crippen LogP contribution is -1.99. The smallest absolute Gasteiger partial charge is 0.138 e. The monoisotopic (exact) mass is 201 g/mol. The van der Waals surface area contributed by atoms with Crippen molar-refractivity contribution in [1.29, 1.82) is 0 Å². The zero-order valence-electron chi connectivity index (χ0n) is 8.40. The van der Waals surface area contributed by atoms with E-state index in [2.05, 4.69) is 4.98 Å². The van der Waals surface area contributed by atoms with Gasteiger partial charge in [0, 0.05) is 5.39 Å². The summed E-state index contributed by atoms with van der Waals surface area (Å²) in [4.78, 5) is 15.2. The number of rotatable bonds is 2. The molecule has 3 nitrogen and oxygen atoms in total. The molecule has 76 valence electrons. The normalized spacial score (nSPS) is 10.5. The van der Waals surface area contributed by atoms with Gasteiger partial charge in [-0.2, -0.15) is 0 Å². The van der Waals surface area contributed by atoms with Crippen molar-refractivity contribution in [3.05, 3.63) is 36.0 Å². The van der Waals surface area contributed by atoms with E-state index in [9.17, 15) is 9.90 Å². The highest BCUT2D eigenvalue weighted by Crippen LogP contribution is 2.21. The fourth-order valence-corrected chi connectivity index (χ4v) is 1.51. The fourth-order valence-electron chi connectivity index (χ4n) is 1.51. The van der Waals surface area contributed by atoms with Crippen molar-refractivity contribution in [3.63, 3.8) is 0 Å². The second-order valence-corrected chi connectivity index (χ2v) is 3.53. The molecule has 0 fully saturated rings. The Morgan fingerprint density at radius 2 is 2.13 bits per heavy atom. The Hall–Kier alpha value is -1.90. The van der Waals surface area contributed by atoms with Gasteiger partial charge in [-0.15, -0.1) is 0 Å². The third-order valence-electron chi connectivity index (χ3n) is 2.20. The number of fused-ring (bicyclic) bond motifs is 1. The molecule has 0 unspecified atom stereocenters. The van der Waals surface area contributed by atoms with Gasteiger partial charge in [0.2, 0.25) is 0 Å². The predicted octanol–water partition coefficient (Wildman–Crippen LogP) is 2.07. The van der Waals surface area contributed by atoms with E-state index in [0.29, 0.717) is 5.69 Å². The number of Topliss-reactive ketones (excluding diaryl/α,β-unsaturated/α-hetero) is 1. The summed E-state index contributed by atoms with van der Waals surface area (Å²) in [7, 11) is 0. The van der Waals surface area contributed by atoms with Crippen LogP contribution >= 0.6 is 0 Å². The predicted molar refractivity (Wildman–Crippen MR) is 57.8 cm³/mol. The van der Waals surface area contributed by atoms with Crippen LogP contribution in [0.5, 0.6) is 5.75 Å². The van der Waals surface area contributed by atoms with E-state index in [1.165, 1.54) is 6.92 Å². The Morgan fingerprint density at radius 1 is 1.40 bits per heavy atom. The van der Waals surface area contributed by atoms with Crippen molar-refractivity contribution >= 4 is 16.7 Å². The Bertz CT molecular complexity index is 520. The maximum Gasteiger partial charge on any atom is 0.138 e. The molecule has 0 spiro atoms. The van der Waals surface area contributed by atoms with Crippen molar-refractivity contribution in [3.8, 4) is 5.75 Å². The van der Waals surface area contributed by atoms with E-state index < -0.39 is 0 Å². The highest BCUT2D eigenvalue weighted by molar-refractivity contribution is 5.83. The van der Waals surface area contributed by atoms with Crippen molar-refractivity contribution in [2.75, 3.05) is 0 Å². The summed E-state index contributed by atoms with van der Waals surface area (Å²) in [6.07, 6.45) is 0.177. The molecular weight excluding hydrogens is 190 g/mol. The maximum atomic E-state index is 11.0. The van der Waals surface area contributed by atoms with Crippen LogP contribution in [0.4, 0.5) is 0 Å². The molecule has 15 heavy (non-hydrogen) atoms. The molecule has 1 heterocycles. The number of nitrogens with zero attached hydrogens (tertiary/aromatic N) is 1. The summed E-state index contributed by atoms with van der Waals surface area (Å²) in [6, 6.07) is 9.14. The average molecular weight is 201 g/mol. The average Bonchev–Trinajstić information content (AvgIpc) is 2.18. The summed E-state index contributed by atoms with van der Waals surface area (Å²) in [5.41, 5.74) is 1.24. The number of aromatic nitrogens is 1. The molecule has 1 N–H and O–H groups in total. The molecule has 1 aromatic carbocycles. The van der Waals surface area contributed by atoms with Crippen LogP contribution in [0.3, 0.4) is 0 Å². The first kappa shape index (κ1) is 9.65. The zero-order valence-corrected chi connectivity index (χ0v) is 8.40. The third-order valence-corrected chi connectivity index (χ3v) is 2.20. The second kappa shape index (κ2) is 3.69. The minimum absolute atomic E-state index is 0.00641. The van der Waals surface area contributed by atoms with Gasteiger partial charge in [-0.3, -0.25) is 4.79 Å². The summed E-state index contributed by atoms with van der Waals surface area (Å²) < 4.78 is 0. The first-order chi connectivity index (χ1) is 7.16. The molecule has 0 atom stereocenters. The number of carbonyl (C=O) groups excluding carboxylic acids is 1. The van der Waals surface area contributed by atoms with Crippen LogP contribution in [0, 0.1) is 0 Å². The molecule has 0 amide bonds. The van der Waals surface area contributed by atoms with Crippen LogP contribution in [-0.4, -0.2) is 15.9 Å². The van der Waals surface area contributed by atoms with E-state index in [-0.39, 0.29) is 18.0 Å². The van der Waals surface area contributed by atoms with E-state index in [1.807, 2.05) is 24.3 Å². The van der Waals surface area contributed by atoms with Crippen LogP contribution in [0.2, 0.25) is 0 Å². The molecule has 0 radical (unpaired) electrons. The number of ketones is 1. The van der Waals surface area contributed by atoms with E-state index in [4.69, 9.17) is 0 Å². The number of pyridine rings is 1. The number of hydrogen-bond donors (Lipinski definition) is 1. The van der Waals surface area contributed by atoms with Crippen molar-refractivity contribution in [1.82, 2.24) is 4.98 Å². The van der Waals surface area contributed by atoms with Gasteiger partial charge in [-0.25, -0.2) is 4.98 Å². The number of carbonyl (C=O) groups is 1. The Balaban J connectivity index is 2.56. The van der Waals surface area contributed by atoms with Gasteiger partial charge in [-0.05, 0) is 19.1 Å². The summed E-state index contributed by atoms with van der Waals surface area (Å²) >= 11 is 0. The zero-order chi connectivity index (χ0) is 10.8. The van der Waals surface area contributed by atoms with E-state index in [0.717, 1.165) is 10.9 Å². The molecule has 2 rings (SSSR count). The molecule has 3 heteroatoms. The minimum atomic E-state index is -0.00641. The van der Waals surface area contributed by atoms with Crippen LogP contribution in [0.25, 0.3) is 10.9 Å². The highest BCUT2D eigenvalue weighted by Gasteiger charge is 2.07. The topological polar surface area (TPSA) is 50.2 Å². The van der Waals surface area contributed by atoms with Gasteiger partial charge in [0.1, 0.15) is 11.5 Å². The van der Waals surface area contributed by atoms with Gasteiger partial charge in [0.15, 0.2) is 0 Å². The minimum Gasteiger partial charge on any atom is -0.506 e. The lowest BCUT2D eigenvalue weighted by atomic mass is 10.1. The molecular formula is C12H11NO2. The second-order valence-electron chi connectivity index (χ2n) is 3.53. The van der Waals surface area contributed by atoms with Gasteiger partial charge in [0.05, 0.1) is 17.6 Å². The Kier molecular flexibility index (Phi) is 2.37. The number of benzene rings is 1. The van der Waals surface area contributed by atoms with Gasteiger partial charge in [0.25, 0.3) is 0 Å². The first-order valence-corrected chi connectivity index (χ1v) is 4.74. The highest BCUT2D eigenvalue weighted by atomic mass is 16.3. The van der Waals surface area contributed by atoms with Crippen LogP contribution < -0.4 is 0 Å². The molecule has 0 aliphatic carbocycles. The largest absolute Gasteiger partial charge is 0.506 e. The van der Waals surface area contributed by atoms with Crippen molar-refractivity contribution in [2.45, 2.75) is 13.3 Å². The van der Waals surface area contributed by atoms with Crippen molar-refractivity contribution < 1.29 is 9.90 Å². The SMILES string of the molecule is CC(=O)Cc1nc2ccccc2cc1O. The van der Waals surface area contributed by atoms with E-state index in [1.54, 1.807) is 6.07 Å². The third kappa shape index (κ3) is 1.96. The Morgan fingerprint density at radius 3 is 2.87 bits per heavy atom. The molecule has 0 bridgehead atoms. The van der Waals surface area contributed by atoms with Crippen LogP contribution in [0.1, 0.15) is 12.6 Å². The van der Waals surface area contributed by atoms with Crippen molar-refractivity contribution in [2.24, 2.45) is 0 Å². The maximum absolute atomic E-state index is 11.0. The van der Waals surface area contributed by atoms with Gasteiger partial charge in [-0.1, -0.05) is 18.2 Å². The molecule has 0 saturated heterocycles. The molecule has 0 saturated carbocycles. The summed E-state index contributed by atoms with van der Waals surface area (Å²) in [6.45, 7) is 1.48. The van der Waals surface area contributed by atoms with Crippen LogP contribution in [0.15, 0.2) is 30.3 Å². The lowest BCUT2D eigenvalue weighted by molar-refractivity contribution is -0.116. The number of aromatic hydroxyl groups is 1. The first-order valence-electron chi connectivity index (χ1n) is 4.74. The molecule has 2 aromatic rings. The van der Waals surface area contributed by atoms with Gasteiger partial charge < -0.3 is 5.11 Å². The Labute approximate surface area is 87.4 Å². The quantitative estimate of drug-likeness (QED) is 0.809. The molecule has 1 aromatic heterocycles.